The van der Waals surface area contributed by atoms with Gasteiger partial charge in [-0.1, -0.05) is 103 Å². The van der Waals surface area contributed by atoms with Gasteiger partial charge in [0.15, 0.2) is 0 Å². The fourth-order valence-corrected chi connectivity index (χ4v) is 7.08. The highest BCUT2D eigenvalue weighted by Gasteiger charge is 2.27. The second-order valence-electron chi connectivity index (χ2n) is 7.01. The summed E-state index contributed by atoms with van der Waals surface area (Å²) in [6, 6.07) is 39.1. The fraction of sp³-hybridized carbons (Fsp3) is 0. The summed E-state index contributed by atoms with van der Waals surface area (Å²) in [6.45, 7) is 0. The van der Waals surface area contributed by atoms with Crippen LogP contribution in [-0.2, 0) is 4.79 Å². The molecular formula is C27H22NO2P. The summed E-state index contributed by atoms with van der Waals surface area (Å²) in [5, 5.41) is 12.4. The molecule has 0 aliphatic carbocycles. The van der Waals surface area contributed by atoms with Crippen molar-refractivity contribution in [2.45, 2.75) is 0 Å². The lowest BCUT2D eigenvalue weighted by Gasteiger charge is -2.27. The molecule has 0 heterocycles. The average molecular weight is 423 g/mol. The molecule has 152 valence electrons. The highest BCUT2D eigenvalue weighted by molar-refractivity contribution is 7.87. The molecule has 0 saturated carbocycles. The van der Waals surface area contributed by atoms with Crippen LogP contribution in [0.2, 0.25) is 0 Å². The third kappa shape index (κ3) is 4.58. The Morgan fingerprint density at radius 1 is 0.645 bits per heavy atom. The van der Waals surface area contributed by atoms with Gasteiger partial charge in [0.2, 0.25) is 0 Å². The second-order valence-corrected chi connectivity index (χ2v) is 10.0. The van der Waals surface area contributed by atoms with Crippen LogP contribution in [0.1, 0.15) is 5.56 Å². The minimum Gasteiger partial charge on any atom is -0.478 e. The van der Waals surface area contributed by atoms with Crippen LogP contribution in [-0.4, -0.2) is 11.1 Å². The van der Waals surface area contributed by atoms with Crippen molar-refractivity contribution >= 4 is 40.7 Å². The van der Waals surface area contributed by atoms with Crippen molar-refractivity contribution in [3.63, 3.8) is 0 Å². The third-order valence-corrected chi connectivity index (χ3v) is 8.63. The smallest absolute Gasteiger partial charge is 0.328 e. The molecule has 0 aliphatic heterocycles. The van der Waals surface area contributed by atoms with E-state index in [1.54, 1.807) is 6.08 Å². The fourth-order valence-electron chi connectivity index (χ4n) is 3.54. The predicted octanol–water partition coefficient (Wildman–Crippen LogP) is 5.59. The maximum atomic E-state index is 10.8. The van der Waals surface area contributed by atoms with E-state index in [2.05, 4.69) is 72.8 Å². The van der Waals surface area contributed by atoms with Crippen LogP contribution >= 0.6 is 7.05 Å². The molecule has 0 bridgehead atoms. The molecule has 0 radical (unpaired) electrons. The normalized spacial score (nSPS) is 11.4. The van der Waals surface area contributed by atoms with Crippen LogP contribution in [0.5, 0.6) is 0 Å². The Morgan fingerprint density at radius 3 is 1.45 bits per heavy atom. The molecule has 31 heavy (non-hydrogen) atoms. The molecule has 4 rings (SSSR count). The van der Waals surface area contributed by atoms with Gasteiger partial charge in [-0.15, -0.1) is 0 Å². The van der Waals surface area contributed by atoms with Crippen molar-refractivity contribution in [1.82, 2.24) is 0 Å². The zero-order valence-corrected chi connectivity index (χ0v) is 17.8. The molecule has 1 N–H and O–H groups in total. The van der Waals surface area contributed by atoms with E-state index in [0.717, 1.165) is 17.3 Å². The molecule has 0 aromatic heterocycles. The molecule has 0 amide bonds. The maximum absolute atomic E-state index is 10.8. The lowest BCUT2D eigenvalue weighted by Crippen LogP contribution is -2.25. The van der Waals surface area contributed by atoms with E-state index in [9.17, 15) is 4.79 Å². The van der Waals surface area contributed by atoms with E-state index in [0.29, 0.717) is 0 Å². The summed E-state index contributed by atoms with van der Waals surface area (Å²) >= 11 is 0. The van der Waals surface area contributed by atoms with Gasteiger partial charge in [0, 0.05) is 22.0 Å². The Labute approximate surface area is 182 Å². The predicted molar refractivity (Wildman–Crippen MR) is 130 cm³/mol. The quantitative estimate of drug-likeness (QED) is 0.324. The molecular weight excluding hydrogens is 401 g/mol. The van der Waals surface area contributed by atoms with Crippen LogP contribution in [0.25, 0.3) is 6.08 Å². The summed E-state index contributed by atoms with van der Waals surface area (Å²) in [7, 11) is -2.31. The summed E-state index contributed by atoms with van der Waals surface area (Å²) in [5.74, 6) is -0.962. The summed E-state index contributed by atoms with van der Waals surface area (Å²) < 4.78 is 5.41. The van der Waals surface area contributed by atoms with E-state index in [-0.39, 0.29) is 0 Å². The molecule has 0 spiro atoms. The van der Waals surface area contributed by atoms with Crippen molar-refractivity contribution in [2.75, 3.05) is 0 Å². The number of hydrogen-bond acceptors (Lipinski definition) is 2. The Morgan fingerprint density at radius 2 is 1.06 bits per heavy atom. The Bertz CT molecular complexity index is 1130. The standard InChI is InChI=1S/C27H22NO2P/c29-27(30)21-18-22-16-19-23(20-17-22)28-31(24-10-4-1-5-11-24,25-12-6-2-7-13-25)26-14-8-3-9-15-26/h1-21H,(H,29,30). The number of aliphatic carboxylic acids is 1. The molecule has 4 aromatic carbocycles. The van der Waals surface area contributed by atoms with Crippen molar-refractivity contribution in [1.29, 1.82) is 0 Å². The van der Waals surface area contributed by atoms with Gasteiger partial charge in [-0.05, 0) is 23.8 Å². The number of hydrogen-bond donors (Lipinski definition) is 1. The van der Waals surface area contributed by atoms with Gasteiger partial charge in [0.05, 0.1) is 12.7 Å². The van der Waals surface area contributed by atoms with Crippen molar-refractivity contribution < 1.29 is 9.90 Å². The summed E-state index contributed by atoms with van der Waals surface area (Å²) in [5.41, 5.74) is 1.68. The SMILES string of the molecule is O=C(O)C=Cc1ccc(N=P(c2ccccc2)(c2ccccc2)c2ccccc2)cc1. The largest absolute Gasteiger partial charge is 0.478 e. The molecule has 4 aromatic rings. The Balaban J connectivity index is 1.97. The van der Waals surface area contributed by atoms with Gasteiger partial charge in [-0.25, -0.2) is 4.79 Å². The minimum atomic E-state index is -2.31. The van der Waals surface area contributed by atoms with Crippen LogP contribution in [0.15, 0.2) is 126 Å². The molecule has 0 saturated heterocycles. The van der Waals surface area contributed by atoms with Gasteiger partial charge in [0.25, 0.3) is 0 Å². The number of nitrogens with zero attached hydrogens (tertiary/aromatic N) is 1. The number of rotatable bonds is 6. The molecule has 0 aliphatic rings. The van der Waals surface area contributed by atoms with Crippen molar-refractivity contribution in [3.05, 3.63) is 127 Å². The molecule has 0 atom stereocenters. The third-order valence-electron chi connectivity index (χ3n) is 4.97. The van der Waals surface area contributed by atoms with Gasteiger partial charge in [-0.2, -0.15) is 0 Å². The minimum absolute atomic E-state index is 0.824. The van der Waals surface area contributed by atoms with Crippen LogP contribution in [0.3, 0.4) is 0 Å². The second kappa shape index (κ2) is 9.42. The zero-order valence-electron chi connectivity index (χ0n) is 16.9. The monoisotopic (exact) mass is 423 g/mol. The lowest BCUT2D eigenvalue weighted by molar-refractivity contribution is -0.131. The first-order valence-corrected chi connectivity index (χ1v) is 11.7. The molecule has 0 unspecified atom stereocenters. The van der Waals surface area contributed by atoms with E-state index in [1.165, 1.54) is 15.9 Å². The van der Waals surface area contributed by atoms with Gasteiger partial charge in [-0.3, -0.25) is 4.74 Å². The first kappa shape index (κ1) is 20.6. The van der Waals surface area contributed by atoms with Crippen molar-refractivity contribution in [2.24, 2.45) is 4.74 Å². The lowest BCUT2D eigenvalue weighted by atomic mass is 10.2. The van der Waals surface area contributed by atoms with Gasteiger partial charge < -0.3 is 5.11 Å². The van der Waals surface area contributed by atoms with Crippen LogP contribution in [0.4, 0.5) is 5.69 Å². The molecule has 4 heteroatoms. The highest BCUT2D eigenvalue weighted by Crippen LogP contribution is 2.49. The van der Waals surface area contributed by atoms with Crippen LogP contribution in [0, 0.1) is 0 Å². The number of benzene rings is 4. The first-order valence-electron chi connectivity index (χ1n) is 9.99. The number of carbonyl (C=O) groups is 1. The Kier molecular flexibility index (Phi) is 6.26. The summed E-state index contributed by atoms with van der Waals surface area (Å²) in [4.78, 5) is 10.8. The maximum Gasteiger partial charge on any atom is 0.328 e. The number of carboxylic acids is 1. The molecule has 3 nitrogen and oxygen atoms in total. The van der Waals surface area contributed by atoms with E-state index in [4.69, 9.17) is 9.85 Å². The van der Waals surface area contributed by atoms with Crippen LogP contribution < -0.4 is 15.9 Å². The number of carboxylic acid groups (broad SMARTS) is 1. The van der Waals surface area contributed by atoms with E-state index in [1.807, 2.05) is 42.5 Å². The van der Waals surface area contributed by atoms with E-state index < -0.39 is 13.0 Å². The van der Waals surface area contributed by atoms with Gasteiger partial charge >= 0.3 is 5.97 Å². The zero-order chi connectivity index (χ0) is 21.5. The van der Waals surface area contributed by atoms with E-state index >= 15 is 0 Å². The molecule has 0 fully saturated rings. The van der Waals surface area contributed by atoms with Gasteiger partial charge in [0.1, 0.15) is 0 Å². The van der Waals surface area contributed by atoms with Crippen molar-refractivity contribution in [3.8, 4) is 0 Å². The summed E-state index contributed by atoms with van der Waals surface area (Å²) in [6.07, 6.45) is 2.72. The average Bonchev–Trinajstić information content (AvgIpc) is 2.83. The topological polar surface area (TPSA) is 49.7 Å². The first-order chi connectivity index (χ1) is 15.2. The highest BCUT2D eigenvalue weighted by atomic mass is 31.2. The Hall–Kier alpha value is -3.68.